The molecular formula is C46H27N5O. The number of nitrogens with zero attached hydrogens (tertiary/aromatic N) is 5. The number of benzene rings is 7. The van der Waals surface area contributed by atoms with Gasteiger partial charge in [0.1, 0.15) is 16.8 Å². The van der Waals surface area contributed by atoms with E-state index in [1.54, 1.807) is 0 Å². The number of pyridine rings is 1. The molecule has 6 heteroatoms. The molecule has 6 nitrogen and oxygen atoms in total. The number of para-hydroxylation sites is 1. The highest BCUT2D eigenvalue weighted by atomic mass is 16.3. The van der Waals surface area contributed by atoms with Crippen molar-refractivity contribution < 1.29 is 4.42 Å². The van der Waals surface area contributed by atoms with Crippen LogP contribution in [0.25, 0.3) is 105 Å². The summed E-state index contributed by atoms with van der Waals surface area (Å²) in [6, 6.07) is 54.3. The summed E-state index contributed by atoms with van der Waals surface area (Å²) < 4.78 is 8.82. The fraction of sp³-hybridized carbons (Fsp3) is 0. The summed E-state index contributed by atoms with van der Waals surface area (Å²) in [6.07, 6.45) is 1.84. The van der Waals surface area contributed by atoms with E-state index in [-0.39, 0.29) is 0 Å². The lowest BCUT2D eigenvalue weighted by Crippen LogP contribution is -2.01. The van der Waals surface area contributed by atoms with Crippen LogP contribution in [0.3, 0.4) is 0 Å². The molecule has 0 spiro atoms. The topological polar surface area (TPSA) is 69.6 Å². The molecule has 52 heavy (non-hydrogen) atoms. The molecule has 0 saturated carbocycles. The molecule has 4 aromatic heterocycles. The fourth-order valence-corrected chi connectivity index (χ4v) is 7.78. The molecule has 11 aromatic rings. The molecule has 0 radical (unpaired) electrons. The summed E-state index contributed by atoms with van der Waals surface area (Å²) in [7, 11) is 0. The summed E-state index contributed by atoms with van der Waals surface area (Å²) >= 11 is 0. The maximum absolute atomic E-state index is 6.62. The maximum atomic E-state index is 6.62. The summed E-state index contributed by atoms with van der Waals surface area (Å²) in [5.74, 6) is 1.83. The number of aromatic nitrogens is 5. The first kappa shape index (κ1) is 28.6. The van der Waals surface area contributed by atoms with Crippen LogP contribution in [0, 0.1) is 0 Å². The molecule has 0 amide bonds. The largest absolute Gasteiger partial charge is 0.456 e. The zero-order valence-corrected chi connectivity index (χ0v) is 27.7. The Kier molecular flexibility index (Phi) is 6.15. The smallest absolute Gasteiger partial charge is 0.164 e. The molecule has 0 unspecified atom stereocenters. The van der Waals surface area contributed by atoms with Crippen molar-refractivity contribution in [2.75, 3.05) is 0 Å². The van der Waals surface area contributed by atoms with Gasteiger partial charge in [-0.05, 0) is 57.9 Å². The lowest BCUT2D eigenvalue weighted by atomic mass is 10.0. The molecule has 0 saturated heterocycles. The first-order valence-corrected chi connectivity index (χ1v) is 17.3. The van der Waals surface area contributed by atoms with Crippen molar-refractivity contribution in [2.45, 2.75) is 0 Å². The van der Waals surface area contributed by atoms with E-state index < -0.39 is 0 Å². The van der Waals surface area contributed by atoms with Crippen molar-refractivity contribution in [3.05, 3.63) is 164 Å². The van der Waals surface area contributed by atoms with Gasteiger partial charge in [0.15, 0.2) is 17.5 Å². The number of hydrogen-bond acceptors (Lipinski definition) is 5. The fourth-order valence-electron chi connectivity index (χ4n) is 7.78. The van der Waals surface area contributed by atoms with Gasteiger partial charge in [-0.3, -0.25) is 4.57 Å². The molecule has 0 aliphatic carbocycles. The van der Waals surface area contributed by atoms with Crippen molar-refractivity contribution in [2.24, 2.45) is 0 Å². The van der Waals surface area contributed by atoms with Gasteiger partial charge in [0.05, 0.1) is 11.2 Å². The predicted octanol–water partition coefficient (Wildman–Crippen LogP) is 11.6. The van der Waals surface area contributed by atoms with Gasteiger partial charge in [0.25, 0.3) is 0 Å². The van der Waals surface area contributed by atoms with Crippen molar-refractivity contribution in [3.63, 3.8) is 0 Å². The van der Waals surface area contributed by atoms with Gasteiger partial charge >= 0.3 is 0 Å². The highest BCUT2D eigenvalue weighted by Crippen LogP contribution is 2.39. The Morgan fingerprint density at radius 1 is 0.423 bits per heavy atom. The minimum absolute atomic E-state index is 0.588. The average Bonchev–Trinajstić information content (AvgIpc) is 3.75. The molecule has 7 aromatic carbocycles. The normalized spacial score (nSPS) is 11.8. The highest BCUT2D eigenvalue weighted by Gasteiger charge is 2.20. The standard InChI is InChI=1S/C46H27N5O/c1-3-15-31-28(11-1)13-7-18-34(31)43-48-44(35-19-8-14-29-12-2-4-16-32(29)35)50-45(49-43)38-20-9-23-40-42(38)37-25-24-30(27-41(37)52-40)51-39-22-6-5-17-33(39)36-21-10-26-47-46(36)51/h1-27H. The molecule has 0 fully saturated rings. The van der Waals surface area contributed by atoms with Crippen molar-refractivity contribution in [1.82, 2.24) is 24.5 Å². The van der Waals surface area contributed by atoms with E-state index in [2.05, 4.69) is 144 Å². The van der Waals surface area contributed by atoms with Crippen LogP contribution in [-0.2, 0) is 0 Å². The summed E-state index contributed by atoms with van der Waals surface area (Å²) in [5, 5.41) is 8.66. The van der Waals surface area contributed by atoms with Crippen LogP contribution in [-0.4, -0.2) is 24.5 Å². The summed E-state index contributed by atoms with van der Waals surface area (Å²) in [5.41, 5.74) is 7.33. The van der Waals surface area contributed by atoms with E-state index in [0.717, 1.165) is 87.8 Å². The Bertz CT molecular complexity index is 3050. The summed E-state index contributed by atoms with van der Waals surface area (Å²) in [4.78, 5) is 20.4. The van der Waals surface area contributed by atoms with Gasteiger partial charge < -0.3 is 4.42 Å². The zero-order valence-electron chi connectivity index (χ0n) is 27.7. The summed E-state index contributed by atoms with van der Waals surface area (Å²) in [6.45, 7) is 0. The number of furan rings is 1. The molecule has 4 heterocycles. The van der Waals surface area contributed by atoms with Gasteiger partial charge in [0, 0.05) is 50.5 Å². The Labute approximate surface area is 297 Å². The number of rotatable bonds is 4. The molecule has 0 atom stereocenters. The lowest BCUT2D eigenvalue weighted by molar-refractivity contribution is 0.668. The van der Waals surface area contributed by atoms with E-state index in [1.807, 2.05) is 24.4 Å². The Hall–Kier alpha value is -7.18. The first-order chi connectivity index (χ1) is 25.8. The molecule has 0 bridgehead atoms. The molecule has 0 aliphatic heterocycles. The van der Waals surface area contributed by atoms with Crippen LogP contribution in [0.15, 0.2) is 168 Å². The number of fused-ring (bicyclic) bond motifs is 8. The second kappa shape index (κ2) is 11.2. The molecule has 0 aliphatic rings. The molecule has 0 N–H and O–H groups in total. The quantitative estimate of drug-likeness (QED) is 0.187. The first-order valence-electron chi connectivity index (χ1n) is 17.3. The van der Waals surface area contributed by atoms with Crippen molar-refractivity contribution >= 4 is 65.4 Å². The van der Waals surface area contributed by atoms with Gasteiger partial charge in [-0.15, -0.1) is 0 Å². The average molecular weight is 666 g/mol. The van der Waals surface area contributed by atoms with Crippen LogP contribution in [0.4, 0.5) is 0 Å². The molecular weight excluding hydrogens is 639 g/mol. The SMILES string of the molecule is c1ccc2c(-c3nc(-c4cccc5ccccc45)nc(-c4cccc5oc6cc(-n7c8ccccc8c8cccnc87)ccc6c45)n3)cccc2c1. The van der Waals surface area contributed by atoms with Gasteiger partial charge in [-0.25, -0.2) is 19.9 Å². The minimum atomic E-state index is 0.588. The Morgan fingerprint density at radius 3 is 1.73 bits per heavy atom. The van der Waals surface area contributed by atoms with E-state index in [4.69, 9.17) is 24.4 Å². The predicted molar refractivity (Wildman–Crippen MR) is 211 cm³/mol. The van der Waals surface area contributed by atoms with Crippen LogP contribution >= 0.6 is 0 Å². The van der Waals surface area contributed by atoms with Gasteiger partial charge in [-0.1, -0.05) is 115 Å². The third-order valence-electron chi connectivity index (χ3n) is 10.1. The van der Waals surface area contributed by atoms with Crippen LogP contribution in [0.1, 0.15) is 0 Å². The van der Waals surface area contributed by atoms with E-state index in [0.29, 0.717) is 17.5 Å². The number of hydrogen-bond donors (Lipinski definition) is 0. The third-order valence-corrected chi connectivity index (χ3v) is 10.1. The van der Waals surface area contributed by atoms with E-state index in [9.17, 15) is 0 Å². The second-order valence-electron chi connectivity index (χ2n) is 13.0. The monoisotopic (exact) mass is 665 g/mol. The van der Waals surface area contributed by atoms with Crippen molar-refractivity contribution in [1.29, 1.82) is 0 Å². The molecule has 11 rings (SSSR count). The minimum Gasteiger partial charge on any atom is -0.456 e. The van der Waals surface area contributed by atoms with Gasteiger partial charge in [-0.2, -0.15) is 0 Å². The van der Waals surface area contributed by atoms with Crippen LogP contribution in [0.5, 0.6) is 0 Å². The van der Waals surface area contributed by atoms with E-state index >= 15 is 0 Å². The van der Waals surface area contributed by atoms with Gasteiger partial charge in [0.2, 0.25) is 0 Å². The molecule has 242 valence electrons. The third kappa shape index (κ3) is 4.31. The lowest BCUT2D eigenvalue weighted by Gasteiger charge is -2.12. The van der Waals surface area contributed by atoms with E-state index in [1.165, 1.54) is 0 Å². The highest BCUT2D eigenvalue weighted by molar-refractivity contribution is 6.13. The van der Waals surface area contributed by atoms with Crippen LogP contribution in [0.2, 0.25) is 0 Å². The van der Waals surface area contributed by atoms with Crippen LogP contribution < -0.4 is 0 Å². The Balaban J connectivity index is 1.15. The van der Waals surface area contributed by atoms with Crippen molar-refractivity contribution in [3.8, 4) is 39.9 Å². The Morgan fingerprint density at radius 2 is 1.00 bits per heavy atom. The second-order valence-corrected chi connectivity index (χ2v) is 13.0. The maximum Gasteiger partial charge on any atom is 0.164 e. The zero-order chi connectivity index (χ0) is 34.2.